The molecule has 1 atom stereocenters. The molecule has 0 radical (unpaired) electrons. The molecule has 1 fully saturated rings. The Morgan fingerprint density at radius 1 is 1.28 bits per heavy atom. The average Bonchev–Trinajstić information content (AvgIpc) is 2.37. The number of nitrogens with one attached hydrogen (secondary N) is 1. The normalized spacial score (nSPS) is 20.3. The first-order chi connectivity index (χ1) is 8.74. The summed E-state index contributed by atoms with van der Waals surface area (Å²) in [5.41, 5.74) is 3.49. The van der Waals surface area contributed by atoms with Gasteiger partial charge in [0, 0.05) is 42.4 Å². The van der Waals surface area contributed by atoms with Gasteiger partial charge < -0.3 is 10.2 Å². The summed E-state index contributed by atoms with van der Waals surface area (Å²) in [4.78, 5) is 7.07. The van der Waals surface area contributed by atoms with E-state index in [1.165, 1.54) is 11.1 Å². The van der Waals surface area contributed by atoms with E-state index in [2.05, 4.69) is 52.5 Å². The van der Waals surface area contributed by atoms with Gasteiger partial charge in [0.1, 0.15) is 0 Å². The minimum absolute atomic E-state index is 0.549. The number of nitrogens with zero attached hydrogens (tertiary/aromatic N) is 2. The molecule has 0 unspecified atom stereocenters. The summed E-state index contributed by atoms with van der Waals surface area (Å²) in [6, 6.07) is 11.2. The number of aryl methyl sites for hydroxylation is 1. The molecule has 1 aromatic carbocycles. The first kappa shape index (κ1) is 11.5. The fourth-order valence-electron chi connectivity index (χ4n) is 2.67. The minimum Gasteiger partial charge on any atom is -0.368 e. The van der Waals surface area contributed by atoms with Crippen molar-refractivity contribution in [3.63, 3.8) is 0 Å². The van der Waals surface area contributed by atoms with Crippen LogP contribution in [0.2, 0.25) is 0 Å². The number of pyridine rings is 1. The number of fused-ring (bicyclic) bond motifs is 1. The fourth-order valence-corrected chi connectivity index (χ4v) is 2.67. The van der Waals surface area contributed by atoms with Gasteiger partial charge in [-0.1, -0.05) is 6.07 Å². The van der Waals surface area contributed by atoms with Crippen LogP contribution in [-0.4, -0.2) is 30.7 Å². The van der Waals surface area contributed by atoms with E-state index in [9.17, 15) is 0 Å². The van der Waals surface area contributed by atoms with Crippen molar-refractivity contribution in [2.45, 2.75) is 19.9 Å². The Hall–Kier alpha value is -1.61. The molecule has 0 saturated carbocycles. The highest BCUT2D eigenvalue weighted by atomic mass is 15.2. The van der Waals surface area contributed by atoms with Crippen LogP contribution in [0.3, 0.4) is 0 Å². The molecular formula is C15H19N3. The summed E-state index contributed by atoms with van der Waals surface area (Å²) >= 11 is 0. The van der Waals surface area contributed by atoms with Crippen LogP contribution in [0.1, 0.15) is 12.6 Å². The van der Waals surface area contributed by atoms with Gasteiger partial charge in [0.25, 0.3) is 0 Å². The van der Waals surface area contributed by atoms with Crippen LogP contribution in [0.5, 0.6) is 0 Å². The van der Waals surface area contributed by atoms with Crippen molar-refractivity contribution in [3.8, 4) is 0 Å². The van der Waals surface area contributed by atoms with E-state index < -0.39 is 0 Å². The van der Waals surface area contributed by atoms with Gasteiger partial charge in [-0.15, -0.1) is 0 Å². The molecule has 3 heteroatoms. The van der Waals surface area contributed by atoms with Gasteiger partial charge in [0.15, 0.2) is 0 Å². The standard InChI is InChI=1S/C15H19N3/c1-11-6-7-13-14(17-11)4-3-5-15(13)18-9-8-16-12(2)10-18/h3-7,12,16H,8-10H2,1-2H3/t12-/m0/s1. The molecule has 3 nitrogen and oxygen atoms in total. The van der Waals surface area contributed by atoms with Crippen molar-refractivity contribution >= 4 is 16.6 Å². The number of rotatable bonds is 1. The van der Waals surface area contributed by atoms with E-state index in [1.54, 1.807) is 0 Å². The zero-order valence-electron chi connectivity index (χ0n) is 11.0. The van der Waals surface area contributed by atoms with Crippen LogP contribution in [0, 0.1) is 6.92 Å². The Bertz CT molecular complexity index is 565. The van der Waals surface area contributed by atoms with Crippen molar-refractivity contribution in [3.05, 3.63) is 36.0 Å². The molecule has 2 heterocycles. The summed E-state index contributed by atoms with van der Waals surface area (Å²) < 4.78 is 0. The largest absolute Gasteiger partial charge is 0.368 e. The molecule has 0 amide bonds. The van der Waals surface area contributed by atoms with Crippen molar-refractivity contribution < 1.29 is 0 Å². The zero-order valence-corrected chi connectivity index (χ0v) is 11.0. The van der Waals surface area contributed by atoms with Gasteiger partial charge in [-0.2, -0.15) is 0 Å². The van der Waals surface area contributed by atoms with Crippen molar-refractivity contribution in [2.24, 2.45) is 0 Å². The van der Waals surface area contributed by atoms with Crippen molar-refractivity contribution in [2.75, 3.05) is 24.5 Å². The molecule has 1 N–H and O–H groups in total. The third-order valence-corrected chi connectivity index (χ3v) is 3.56. The Morgan fingerprint density at radius 2 is 2.17 bits per heavy atom. The van der Waals surface area contributed by atoms with Gasteiger partial charge in [-0.05, 0) is 38.1 Å². The van der Waals surface area contributed by atoms with Gasteiger partial charge in [-0.25, -0.2) is 0 Å². The van der Waals surface area contributed by atoms with Crippen molar-refractivity contribution in [1.29, 1.82) is 0 Å². The number of anilines is 1. The quantitative estimate of drug-likeness (QED) is 0.830. The highest BCUT2D eigenvalue weighted by Gasteiger charge is 2.17. The summed E-state index contributed by atoms with van der Waals surface area (Å²) in [6.45, 7) is 7.46. The zero-order chi connectivity index (χ0) is 12.5. The van der Waals surface area contributed by atoms with Crippen molar-refractivity contribution in [1.82, 2.24) is 10.3 Å². The predicted octanol–water partition coefficient (Wildman–Crippen LogP) is 2.34. The molecule has 0 bridgehead atoms. The Morgan fingerprint density at radius 3 is 3.00 bits per heavy atom. The molecule has 1 aromatic heterocycles. The topological polar surface area (TPSA) is 28.2 Å². The molecule has 1 aliphatic heterocycles. The Kier molecular flexibility index (Phi) is 2.92. The van der Waals surface area contributed by atoms with Crippen LogP contribution in [-0.2, 0) is 0 Å². The molecule has 0 aliphatic carbocycles. The fraction of sp³-hybridized carbons (Fsp3) is 0.400. The van der Waals surface area contributed by atoms with Gasteiger partial charge in [-0.3, -0.25) is 4.98 Å². The van der Waals surface area contributed by atoms with Crippen LogP contribution in [0.15, 0.2) is 30.3 Å². The van der Waals surface area contributed by atoms with E-state index in [4.69, 9.17) is 0 Å². The molecule has 1 aliphatic rings. The number of aromatic nitrogens is 1. The van der Waals surface area contributed by atoms with E-state index >= 15 is 0 Å². The number of piperazine rings is 1. The maximum Gasteiger partial charge on any atom is 0.0726 e. The third-order valence-electron chi connectivity index (χ3n) is 3.56. The van der Waals surface area contributed by atoms with Gasteiger partial charge in [0.05, 0.1) is 5.52 Å². The molecule has 94 valence electrons. The molecule has 2 aromatic rings. The van der Waals surface area contributed by atoms with E-state index in [-0.39, 0.29) is 0 Å². The smallest absolute Gasteiger partial charge is 0.0726 e. The lowest BCUT2D eigenvalue weighted by atomic mass is 10.1. The predicted molar refractivity (Wildman–Crippen MR) is 76.2 cm³/mol. The molecular weight excluding hydrogens is 222 g/mol. The Balaban J connectivity index is 2.05. The van der Waals surface area contributed by atoms with Gasteiger partial charge >= 0.3 is 0 Å². The SMILES string of the molecule is Cc1ccc2c(N3CCN[C@@H](C)C3)cccc2n1. The average molecular weight is 241 g/mol. The maximum atomic E-state index is 4.61. The molecule has 1 saturated heterocycles. The molecule has 0 spiro atoms. The third kappa shape index (κ3) is 2.06. The highest BCUT2D eigenvalue weighted by Crippen LogP contribution is 2.26. The summed E-state index contributed by atoms with van der Waals surface area (Å²) in [6.07, 6.45) is 0. The summed E-state index contributed by atoms with van der Waals surface area (Å²) in [5, 5.41) is 4.74. The second-order valence-corrected chi connectivity index (χ2v) is 5.10. The maximum absolute atomic E-state index is 4.61. The van der Waals surface area contributed by atoms with Gasteiger partial charge in [0.2, 0.25) is 0 Å². The van der Waals surface area contributed by atoms with E-state index in [1.807, 2.05) is 6.92 Å². The second kappa shape index (κ2) is 4.58. The first-order valence-electron chi connectivity index (χ1n) is 6.59. The number of hydrogen-bond acceptors (Lipinski definition) is 3. The lowest BCUT2D eigenvalue weighted by molar-refractivity contribution is 0.485. The monoisotopic (exact) mass is 241 g/mol. The Labute approximate surface area is 108 Å². The molecule has 18 heavy (non-hydrogen) atoms. The highest BCUT2D eigenvalue weighted by molar-refractivity contribution is 5.92. The summed E-state index contributed by atoms with van der Waals surface area (Å²) in [5.74, 6) is 0. The molecule has 3 rings (SSSR count). The first-order valence-corrected chi connectivity index (χ1v) is 6.59. The summed E-state index contributed by atoms with van der Waals surface area (Å²) in [7, 11) is 0. The lowest BCUT2D eigenvalue weighted by Gasteiger charge is -2.34. The van der Waals surface area contributed by atoms with Crippen LogP contribution < -0.4 is 10.2 Å². The van der Waals surface area contributed by atoms with Crippen LogP contribution >= 0.6 is 0 Å². The lowest BCUT2D eigenvalue weighted by Crippen LogP contribution is -2.49. The minimum atomic E-state index is 0.549. The number of benzene rings is 1. The van der Waals surface area contributed by atoms with Crippen LogP contribution in [0.4, 0.5) is 5.69 Å². The van der Waals surface area contributed by atoms with E-state index in [0.717, 1.165) is 30.8 Å². The van der Waals surface area contributed by atoms with Crippen LogP contribution in [0.25, 0.3) is 10.9 Å². The number of hydrogen-bond donors (Lipinski definition) is 1. The van der Waals surface area contributed by atoms with E-state index in [0.29, 0.717) is 6.04 Å². The second-order valence-electron chi connectivity index (χ2n) is 5.10.